The van der Waals surface area contributed by atoms with E-state index in [4.69, 9.17) is 4.74 Å². The molecule has 0 unspecified atom stereocenters. The Bertz CT molecular complexity index is 812. The Morgan fingerprint density at radius 3 is 2.65 bits per heavy atom. The molecular formula is C21H18O2. The molecule has 2 heteroatoms. The van der Waals surface area contributed by atoms with Gasteiger partial charge in [0.05, 0.1) is 7.11 Å². The summed E-state index contributed by atoms with van der Waals surface area (Å²) in [5.74, 6) is 1.66. The van der Waals surface area contributed by atoms with E-state index in [1.807, 2.05) is 30.3 Å². The summed E-state index contributed by atoms with van der Waals surface area (Å²) in [6.45, 7) is 0. The summed E-state index contributed by atoms with van der Waals surface area (Å²) >= 11 is 0. The highest BCUT2D eigenvalue weighted by molar-refractivity contribution is 6.10. The van der Waals surface area contributed by atoms with Gasteiger partial charge in [-0.1, -0.05) is 42.5 Å². The molecule has 114 valence electrons. The second-order valence-electron chi connectivity index (χ2n) is 6.13. The summed E-state index contributed by atoms with van der Waals surface area (Å²) in [6, 6.07) is 15.9. The zero-order chi connectivity index (χ0) is 15.8. The third kappa shape index (κ3) is 2.40. The number of rotatable bonds is 3. The highest BCUT2D eigenvalue weighted by atomic mass is 16.5. The molecule has 0 saturated heterocycles. The average Bonchev–Trinajstić information content (AvgIpc) is 2.99. The second kappa shape index (κ2) is 5.54. The molecule has 0 radical (unpaired) electrons. The summed E-state index contributed by atoms with van der Waals surface area (Å²) in [5, 5.41) is 0. The van der Waals surface area contributed by atoms with E-state index in [1.165, 1.54) is 11.1 Å². The minimum Gasteiger partial charge on any atom is -0.497 e. The third-order valence-corrected chi connectivity index (χ3v) is 4.82. The number of carbonyl (C=O) groups excluding carboxylic acids is 1. The Labute approximate surface area is 136 Å². The van der Waals surface area contributed by atoms with E-state index in [2.05, 4.69) is 36.4 Å². The first kappa shape index (κ1) is 14.0. The first-order chi connectivity index (χ1) is 11.3. The fourth-order valence-electron chi connectivity index (χ4n) is 3.62. The maximum atomic E-state index is 12.7. The van der Waals surface area contributed by atoms with Gasteiger partial charge in [-0.2, -0.15) is 0 Å². The average molecular weight is 302 g/mol. The van der Waals surface area contributed by atoms with Gasteiger partial charge in [0.25, 0.3) is 0 Å². The molecule has 2 aliphatic carbocycles. The number of ether oxygens (including phenoxy) is 1. The van der Waals surface area contributed by atoms with Crippen LogP contribution in [0.15, 0.2) is 72.3 Å². The smallest absolute Gasteiger partial charge is 0.192 e. The van der Waals surface area contributed by atoms with Gasteiger partial charge in [-0.05, 0) is 47.7 Å². The first-order valence-corrected chi connectivity index (χ1v) is 7.93. The lowest BCUT2D eigenvalue weighted by atomic mass is 9.84. The summed E-state index contributed by atoms with van der Waals surface area (Å²) in [4.78, 5) is 12.7. The van der Waals surface area contributed by atoms with E-state index in [0.29, 0.717) is 17.4 Å². The SMILES string of the molecule is COc1ccc(C(=O)C2=C[C@H]3Cc4ccccc4[C@H]3C=C2)cc1. The molecule has 0 saturated carbocycles. The molecule has 2 nitrogen and oxygen atoms in total. The fourth-order valence-corrected chi connectivity index (χ4v) is 3.62. The number of hydrogen-bond acceptors (Lipinski definition) is 2. The Morgan fingerprint density at radius 2 is 1.87 bits per heavy atom. The number of fused-ring (bicyclic) bond motifs is 3. The second-order valence-corrected chi connectivity index (χ2v) is 6.13. The molecule has 0 bridgehead atoms. The van der Waals surface area contributed by atoms with Gasteiger partial charge in [-0.25, -0.2) is 0 Å². The van der Waals surface area contributed by atoms with Gasteiger partial charge in [0.15, 0.2) is 5.78 Å². The van der Waals surface area contributed by atoms with Gasteiger partial charge in [0.2, 0.25) is 0 Å². The molecule has 4 rings (SSSR count). The van der Waals surface area contributed by atoms with Crippen molar-refractivity contribution in [2.75, 3.05) is 7.11 Å². The molecule has 0 fully saturated rings. The molecule has 0 aliphatic heterocycles. The van der Waals surface area contributed by atoms with Crippen LogP contribution in [0.3, 0.4) is 0 Å². The molecule has 2 aromatic rings. The van der Waals surface area contributed by atoms with Crippen molar-refractivity contribution >= 4 is 5.78 Å². The van der Waals surface area contributed by atoms with E-state index < -0.39 is 0 Å². The monoisotopic (exact) mass is 302 g/mol. The van der Waals surface area contributed by atoms with Crippen molar-refractivity contribution in [2.24, 2.45) is 5.92 Å². The highest BCUT2D eigenvalue weighted by Crippen LogP contribution is 2.42. The zero-order valence-electron chi connectivity index (χ0n) is 13.0. The van der Waals surface area contributed by atoms with Crippen molar-refractivity contribution in [3.8, 4) is 5.75 Å². The number of methoxy groups -OCH3 is 1. The largest absolute Gasteiger partial charge is 0.497 e. The van der Waals surface area contributed by atoms with Crippen LogP contribution in [0.2, 0.25) is 0 Å². The Kier molecular flexibility index (Phi) is 3.38. The van der Waals surface area contributed by atoms with E-state index in [0.717, 1.165) is 17.7 Å². The van der Waals surface area contributed by atoms with Gasteiger partial charge in [0, 0.05) is 17.1 Å². The number of benzene rings is 2. The van der Waals surface area contributed by atoms with Crippen LogP contribution in [-0.4, -0.2) is 12.9 Å². The standard InChI is InChI=1S/C21H18O2/c1-23-18-9-6-14(7-10-18)21(22)16-8-11-20-17(13-16)12-15-4-2-3-5-19(15)20/h2-11,13,17,20H,12H2,1H3/t17-,20+/m1/s1. The van der Waals surface area contributed by atoms with E-state index in [9.17, 15) is 4.79 Å². The van der Waals surface area contributed by atoms with Gasteiger partial charge in [0.1, 0.15) is 5.75 Å². The number of allylic oxidation sites excluding steroid dienone is 4. The van der Waals surface area contributed by atoms with E-state index in [-0.39, 0.29) is 5.78 Å². The quantitative estimate of drug-likeness (QED) is 0.789. The molecule has 2 aromatic carbocycles. The summed E-state index contributed by atoms with van der Waals surface area (Å²) in [5.41, 5.74) is 4.31. The van der Waals surface area contributed by atoms with Crippen molar-refractivity contribution in [3.63, 3.8) is 0 Å². The number of Topliss-reactive ketones (excluding diaryl/α,β-unsaturated/α-hetero) is 1. The van der Waals surface area contributed by atoms with E-state index >= 15 is 0 Å². The molecule has 2 atom stereocenters. The van der Waals surface area contributed by atoms with Crippen molar-refractivity contribution in [2.45, 2.75) is 12.3 Å². The molecule has 23 heavy (non-hydrogen) atoms. The predicted octanol–water partition coefficient (Wildman–Crippen LogP) is 4.33. The maximum absolute atomic E-state index is 12.7. The lowest BCUT2D eigenvalue weighted by Gasteiger charge is -2.19. The third-order valence-electron chi connectivity index (χ3n) is 4.82. The van der Waals surface area contributed by atoms with Crippen molar-refractivity contribution in [3.05, 3.63) is 89.0 Å². The number of carbonyl (C=O) groups is 1. The van der Waals surface area contributed by atoms with Crippen LogP contribution in [0, 0.1) is 5.92 Å². The molecular weight excluding hydrogens is 284 g/mol. The van der Waals surface area contributed by atoms with Crippen LogP contribution in [-0.2, 0) is 6.42 Å². The van der Waals surface area contributed by atoms with Crippen LogP contribution in [0.5, 0.6) is 5.75 Å². The van der Waals surface area contributed by atoms with Crippen LogP contribution in [0.4, 0.5) is 0 Å². The Balaban J connectivity index is 1.60. The fraction of sp³-hybridized carbons (Fsp3) is 0.190. The number of ketones is 1. The lowest BCUT2D eigenvalue weighted by Crippen LogP contribution is -2.12. The highest BCUT2D eigenvalue weighted by Gasteiger charge is 2.32. The maximum Gasteiger partial charge on any atom is 0.192 e. The summed E-state index contributed by atoms with van der Waals surface area (Å²) in [6.07, 6.45) is 7.34. The van der Waals surface area contributed by atoms with Crippen molar-refractivity contribution in [1.29, 1.82) is 0 Å². The molecule has 0 aromatic heterocycles. The number of hydrogen-bond donors (Lipinski definition) is 0. The Morgan fingerprint density at radius 1 is 1.09 bits per heavy atom. The molecule has 0 spiro atoms. The van der Waals surface area contributed by atoms with Crippen LogP contribution in [0.25, 0.3) is 0 Å². The topological polar surface area (TPSA) is 26.3 Å². The van der Waals surface area contributed by atoms with Crippen LogP contribution >= 0.6 is 0 Å². The summed E-state index contributed by atoms with van der Waals surface area (Å²) < 4.78 is 5.15. The van der Waals surface area contributed by atoms with Gasteiger partial charge >= 0.3 is 0 Å². The normalized spacial score (nSPS) is 21.3. The summed E-state index contributed by atoms with van der Waals surface area (Å²) in [7, 11) is 1.63. The lowest BCUT2D eigenvalue weighted by molar-refractivity contribution is 0.103. The zero-order valence-corrected chi connectivity index (χ0v) is 13.0. The minimum absolute atomic E-state index is 0.0818. The Hall–Kier alpha value is -2.61. The molecule has 0 N–H and O–H groups in total. The predicted molar refractivity (Wildman–Crippen MR) is 90.9 cm³/mol. The molecule has 0 heterocycles. The first-order valence-electron chi connectivity index (χ1n) is 7.93. The minimum atomic E-state index is 0.0818. The molecule has 2 aliphatic rings. The van der Waals surface area contributed by atoms with Gasteiger partial charge in [-0.3, -0.25) is 4.79 Å². The van der Waals surface area contributed by atoms with Gasteiger partial charge < -0.3 is 4.74 Å². The van der Waals surface area contributed by atoms with Crippen LogP contribution in [0.1, 0.15) is 27.4 Å². The molecule has 0 amide bonds. The van der Waals surface area contributed by atoms with E-state index in [1.54, 1.807) is 7.11 Å². The van der Waals surface area contributed by atoms with Crippen molar-refractivity contribution < 1.29 is 9.53 Å². The van der Waals surface area contributed by atoms with Crippen molar-refractivity contribution in [1.82, 2.24) is 0 Å². The van der Waals surface area contributed by atoms with Gasteiger partial charge in [-0.15, -0.1) is 0 Å². The van der Waals surface area contributed by atoms with Crippen LogP contribution < -0.4 is 4.74 Å².